The van der Waals surface area contributed by atoms with E-state index in [9.17, 15) is 14.5 Å². The predicted molar refractivity (Wildman–Crippen MR) is 114 cm³/mol. The van der Waals surface area contributed by atoms with Crippen LogP contribution >= 0.6 is 7.94 Å². The summed E-state index contributed by atoms with van der Waals surface area (Å²) in [6, 6.07) is 19.5. The molecule has 0 unspecified atom stereocenters. The van der Waals surface area contributed by atoms with Gasteiger partial charge in [-0.05, 0) is 36.8 Å². The molecule has 1 atom stereocenters. The lowest BCUT2D eigenvalue weighted by molar-refractivity contribution is -0.118. The number of carbonyl (C=O) groups is 2. The number of para-hydroxylation sites is 2. The maximum atomic E-state index is 12.9. The van der Waals surface area contributed by atoms with Gasteiger partial charge in [0.25, 0.3) is 11.3 Å². The second-order valence-electron chi connectivity index (χ2n) is 6.52. The second-order valence-corrected chi connectivity index (χ2v) is 8.38. The third-order valence-electron chi connectivity index (χ3n) is 4.22. The molecular weight excluding hydrogens is 405 g/mol. The van der Waals surface area contributed by atoms with E-state index in [1.54, 1.807) is 60.7 Å². The molecule has 3 aromatic rings. The first-order chi connectivity index (χ1) is 14.4. The molecule has 1 heterocycles. The van der Waals surface area contributed by atoms with Gasteiger partial charge in [0.15, 0.2) is 11.5 Å². The Morgan fingerprint density at radius 1 is 0.933 bits per heavy atom. The number of primary amides is 1. The molecule has 8 nitrogen and oxygen atoms in total. The molecule has 0 saturated heterocycles. The lowest BCUT2D eigenvalue weighted by Gasteiger charge is -2.19. The van der Waals surface area contributed by atoms with Gasteiger partial charge in [-0.25, -0.2) is 4.57 Å². The molecule has 156 valence electrons. The molecule has 0 spiro atoms. The minimum Gasteiger partial charge on any atom is -0.370 e. The lowest BCUT2D eigenvalue weighted by Crippen LogP contribution is -2.40. The van der Waals surface area contributed by atoms with E-state index >= 15 is 0 Å². The molecule has 0 aliphatic rings. The molecule has 9 heteroatoms. The van der Waals surface area contributed by atoms with E-state index in [1.807, 2.05) is 12.1 Å². The van der Waals surface area contributed by atoms with Gasteiger partial charge in [0.2, 0.25) is 5.91 Å². The fourth-order valence-electron chi connectivity index (χ4n) is 2.75. The van der Waals surface area contributed by atoms with E-state index in [4.69, 9.17) is 20.5 Å². The summed E-state index contributed by atoms with van der Waals surface area (Å²) in [6.07, 6.45) is 1.53. The highest BCUT2D eigenvalue weighted by Crippen LogP contribution is 2.55. The Balaban J connectivity index is 1.95. The van der Waals surface area contributed by atoms with Gasteiger partial charge in [0, 0.05) is 18.7 Å². The van der Waals surface area contributed by atoms with Crippen molar-refractivity contribution in [1.82, 2.24) is 4.57 Å². The van der Waals surface area contributed by atoms with Crippen molar-refractivity contribution in [3.05, 3.63) is 79.0 Å². The number of aromatic nitrogens is 1. The third kappa shape index (κ3) is 5.24. The Morgan fingerprint density at radius 2 is 1.47 bits per heavy atom. The van der Waals surface area contributed by atoms with Crippen LogP contribution in [0.25, 0.3) is 0 Å². The van der Waals surface area contributed by atoms with Crippen LogP contribution in [0.5, 0.6) is 11.5 Å². The van der Waals surface area contributed by atoms with E-state index in [2.05, 4.69) is 0 Å². The number of rotatable bonds is 9. The van der Waals surface area contributed by atoms with Crippen molar-refractivity contribution in [2.75, 3.05) is 0 Å². The molecule has 5 N–H and O–H groups in total. The van der Waals surface area contributed by atoms with Crippen molar-refractivity contribution in [1.29, 1.82) is 0 Å². The Hall–Kier alpha value is -3.19. The van der Waals surface area contributed by atoms with E-state index in [0.717, 1.165) is 0 Å². The minimum absolute atomic E-state index is 0.0239. The Morgan fingerprint density at radius 3 is 1.97 bits per heavy atom. The molecule has 0 aliphatic heterocycles. The minimum atomic E-state index is -3.79. The number of nitrogens with two attached hydrogens (primary N) is 2. The molecular formula is C21H23N3O5P+. The van der Waals surface area contributed by atoms with Crippen LogP contribution in [0, 0.1) is 0 Å². The first-order valence-electron chi connectivity index (χ1n) is 9.26. The van der Waals surface area contributed by atoms with E-state index < -0.39 is 25.8 Å². The Bertz CT molecular complexity index is 953. The summed E-state index contributed by atoms with van der Waals surface area (Å²) in [5, 5.41) is 0. The van der Waals surface area contributed by atoms with Crippen LogP contribution in [0.1, 0.15) is 17.6 Å². The zero-order chi connectivity index (χ0) is 21.6. The number of amides is 1. The molecule has 3 rings (SSSR count). The smallest absolute Gasteiger partial charge is 0.370 e. The van der Waals surface area contributed by atoms with Crippen molar-refractivity contribution < 1.29 is 23.5 Å². The summed E-state index contributed by atoms with van der Waals surface area (Å²) < 4.78 is 13.0. The van der Waals surface area contributed by atoms with Gasteiger partial charge in [-0.1, -0.05) is 36.4 Å². The Labute approximate surface area is 174 Å². The van der Waals surface area contributed by atoms with Crippen LogP contribution in [0.2, 0.25) is 0 Å². The van der Waals surface area contributed by atoms with Gasteiger partial charge in [-0.2, -0.15) is 4.89 Å². The highest BCUT2D eigenvalue weighted by molar-refractivity contribution is 7.69. The highest BCUT2D eigenvalue weighted by atomic mass is 31.2. The lowest BCUT2D eigenvalue weighted by atomic mass is 10.1. The van der Waals surface area contributed by atoms with Gasteiger partial charge in [-0.3, -0.25) is 18.6 Å². The van der Waals surface area contributed by atoms with E-state index in [-0.39, 0.29) is 18.3 Å². The summed E-state index contributed by atoms with van der Waals surface area (Å²) in [6.45, 7) is 0. The highest BCUT2D eigenvalue weighted by Gasteiger charge is 2.51. The maximum absolute atomic E-state index is 12.9. The number of hydrogen-bond donors (Lipinski definition) is 3. The normalized spacial score (nSPS) is 12.2. The molecule has 0 bridgehead atoms. The molecule has 1 aromatic heterocycles. The van der Waals surface area contributed by atoms with Gasteiger partial charge in [-0.15, -0.1) is 0 Å². The molecule has 1 amide bonds. The van der Waals surface area contributed by atoms with Crippen molar-refractivity contribution in [2.24, 2.45) is 11.5 Å². The number of benzene rings is 2. The summed E-state index contributed by atoms with van der Waals surface area (Å²) in [4.78, 5) is 35.4. The van der Waals surface area contributed by atoms with Crippen LogP contribution in [-0.2, 0) is 4.79 Å². The second kappa shape index (κ2) is 9.54. The molecule has 30 heavy (non-hydrogen) atoms. The van der Waals surface area contributed by atoms with Crippen LogP contribution in [0.3, 0.4) is 0 Å². The largest absolute Gasteiger partial charge is 0.551 e. The standard InChI is InChI=1S/C21H22N3O5P/c22-18(13-14-19(23)25)21(26)24-15-7-12-20(24)30(27,28-16-8-3-1-4-9-16)29-17-10-5-2-6-11-17/h1-12,15,18,27H,13-14,22H2,(H-,23,25)/p+1/t18-/m0/s1. The average Bonchev–Trinajstić information content (AvgIpc) is 3.23. The first-order valence-corrected chi connectivity index (χ1v) is 10.8. The van der Waals surface area contributed by atoms with Gasteiger partial charge in [0.1, 0.15) is 0 Å². The van der Waals surface area contributed by atoms with Gasteiger partial charge >= 0.3 is 7.94 Å². The summed E-state index contributed by atoms with van der Waals surface area (Å²) in [5.41, 5.74) is 11.2. The SMILES string of the molecule is NC(=O)CC[C@H](N)C(=O)n1cccc1[P+](O)(Oc1ccccc1)Oc1ccccc1. The molecule has 0 aliphatic carbocycles. The fraction of sp³-hybridized carbons (Fsp3) is 0.143. The van der Waals surface area contributed by atoms with Crippen LogP contribution in [0.15, 0.2) is 79.0 Å². The summed E-state index contributed by atoms with van der Waals surface area (Å²) in [7, 11) is -3.79. The van der Waals surface area contributed by atoms with Crippen molar-refractivity contribution in [3.63, 3.8) is 0 Å². The number of nitrogens with zero attached hydrogens (tertiary/aromatic N) is 1. The van der Waals surface area contributed by atoms with Gasteiger partial charge < -0.3 is 11.5 Å². The number of hydrogen-bond acceptors (Lipinski definition) is 6. The zero-order valence-corrected chi connectivity index (χ0v) is 17.0. The molecule has 0 fully saturated rings. The summed E-state index contributed by atoms with van der Waals surface area (Å²) >= 11 is 0. The van der Waals surface area contributed by atoms with E-state index in [1.165, 1.54) is 10.8 Å². The van der Waals surface area contributed by atoms with Crippen LogP contribution in [-0.4, -0.2) is 27.3 Å². The van der Waals surface area contributed by atoms with Crippen molar-refractivity contribution in [2.45, 2.75) is 18.9 Å². The molecule has 0 saturated carbocycles. The Kier molecular flexibility index (Phi) is 6.84. The summed E-state index contributed by atoms with van der Waals surface area (Å²) in [5.74, 6) is -0.303. The zero-order valence-electron chi connectivity index (χ0n) is 16.1. The van der Waals surface area contributed by atoms with Crippen LogP contribution < -0.4 is 25.9 Å². The topological polar surface area (TPSA) is 130 Å². The molecule has 0 radical (unpaired) electrons. The average molecular weight is 428 g/mol. The fourth-order valence-corrected chi connectivity index (χ4v) is 4.50. The van der Waals surface area contributed by atoms with Crippen molar-refractivity contribution >= 4 is 25.2 Å². The maximum Gasteiger partial charge on any atom is 0.551 e. The predicted octanol–water partition coefficient (Wildman–Crippen LogP) is 2.26. The first kappa shape index (κ1) is 21.5. The quantitative estimate of drug-likeness (QED) is 0.448. The van der Waals surface area contributed by atoms with Crippen molar-refractivity contribution in [3.8, 4) is 11.5 Å². The third-order valence-corrected chi connectivity index (χ3v) is 6.08. The van der Waals surface area contributed by atoms with E-state index in [0.29, 0.717) is 11.5 Å². The van der Waals surface area contributed by atoms with Gasteiger partial charge in [0.05, 0.1) is 6.04 Å². The monoisotopic (exact) mass is 428 g/mol. The van der Waals surface area contributed by atoms with Crippen LogP contribution in [0.4, 0.5) is 0 Å². The number of carbonyl (C=O) groups excluding carboxylic acids is 2. The molecule has 2 aromatic carbocycles.